The van der Waals surface area contributed by atoms with E-state index in [0.717, 1.165) is 6.42 Å². The van der Waals surface area contributed by atoms with Crippen LogP contribution in [0.4, 0.5) is 13.2 Å². The number of hydrogen-bond donors (Lipinski definition) is 2. The van der Waals surface area contributed by atoms with E-state index in [0.29, 0.717) is 28.5 Å². The second kappa shape index (κ2) is 5.66. The Labute approximate surface area is 111 Å². The molecular weight excluding hydrogens is 279 g/mol. The molecule has 2 heterocycles. The molecule has 0 bridgehead atoms. The van der Waals surface area contributed by atoms with E-state index in [2.05, 4.69) is 25.7 Å². The zero-order valence-electron chi connectivity index (χ0n) is 10.0. The largest absolute Gasteiger partial charge is 0.443 e. The van der Waals surface area contributed by atoms with Gasteiger partial charge in [-0.2, -0.15) is 28.6 Å². The lowest BCUT2D eigenvalue weighted by molar-refractivity contribution is -0.137. The molecule has 9 heteroatoms. The summed E-state index contributed by atoms with van der Waals surface area (Å²) in [5.74, 6) is 0. The van der Waals surface area contributed by atoms with Crippen molar-refractivity contribution in [3.05, 3.63) is 28.0 Å². The van der Waals surface area contributed by atoms with Gasteiger partial charge in [-0.05, 0) is 13.0 Å². The summed E-state index contributed by atoms with van der Waals surface area (Å²) in [7, 11) is 0. The van der Waals surface area contributed by atoms with Crippen molar-refractivity contribution in [3.8, 4) is 0 Å². The first-order valence-corrected chi connectivity index (χ1v) is 6.46. The van der Waals surface area contributed by atoms with Gasteiger partial charge in [-0.1, -0.05) is 6.92 Å². The highest BCUT2D eigenvalue weighted by Crippen LogP contribution is 2.35. The molecule has 2 aromatic rings. The van der Waals surface area contributed by atoms with Gasteiger partial charge in [0.2, 0.25) is 0 Å². The zero-order chi connectivity index (χ0) is 13.9. The average Bonchev–Trinajstić information content (AvgIpc) is 2.99. The molecular formula is C10H12F3N5S. The lowest BCUT2D eigenvalue weighted by Crippen LogP contribution is -2.22. The maximum Gasteiger partial charge on any atom is 0.443 e. The maximum atomic E-state index is 12.6. The third-order valence-corrected chi connectivity index (χ3v) is 3.49. The van der Waals surface area contributed by atoms with Crippen molar-refractivity contribution in [2.24, 2.45) is 0 Å². The second-order valence-corrected chi connectivity index (χ2v) is 4.91. The van der Waals surface area contributed by atoms with Crippen molar-refractivity contribution in [3.63, 3.8) is 0 Å². The number of thiazole rings is 1. The first-order valence-electron chi connectivity index (χ1n) is 5.64. The Kier molecular flexibility index (Phi) is 4.15. The molecule has 1 atom stereocenters. The van der Waals surface area contributed by atoms with E-state index >= 15 is 0 Å². The van der Waals surface area contributed by atoms with Crippen molar-refractivity contribution >= 4 is 11.3 Å². The van der Waals surface area contributed by atoms with Crippen molar-refractivity contribution < 1.29 is 13.2 Å². The van der Waals surface area contributed by atoms with Gasteiger partial charge in [-0.15, -0.1) is 11.3 Å². The van der Waals surface area contributed by atoms with E-state index in [-0.39, 0.29) is 0 Å². The van der Waals surface area contributed by atoms with Crippen LogP contribution < -0.4 is 5.32 Å². The maximum absolute atomic E-state index is 12.6. The summed E-state index contributed by atoms with van der Waals surface area (Å²) in [5, 5.41) is 12.3. The van der Waals surface area contributed by atoms with Gasteiger partial charge in [-0.25, -0.2) is 4.98 Å². The third kappa shape index (κ3) is 3.29. The number of aromatic nitrogens is 4. The van der Waals surface area contributed by atoms with Gasteiger partial charge in [0.1, 0.15) is 5.69 Å². The molecule has 0 aliphatic rings. The monoisotopic (exact) mass is 291 g/mol. The van der Waals surface area contributed by atoms with Crippen LogP contribution in [0.25, 0.3) is 0 Å². The van der Waals surface area contributed by atoms with Gasteiger partial charge < -0.3 is 5.32 Å². The molecule has 2 N–H and O–H groups in total. The van der Waals surface area contributed by atoms with Crippen LogP contribution in [0.5, 0.6) is 0 Å². The summed E-state index contributed by atoms with van der Waals surface area (Å²) >= 11 is 0.616. The summed E-state index contributed by atoms with van der Waals surface area (Å²) in [6.07, 6.45) is -0.836. The van der Waals surface area contributed by atoms with Gasteiger partial charge in [0.15, 0.2) is 5.01 Å². The molecule has 2 rings (SSSR count). The number of aromatic amines is 1. The van der Waals surface area contributed by atoms with Crippen LogP contribution in [0.2, 0.25) is 0 Å². The van der Waals surface area contributed by atoms with Gasteiger partial charge >= 0.3 is 6.18 Å². The van der Waals surface area contributed by atoms with Crippen LogP contribution >= 0.6 is 11.3 Å². The molecule has 0 spiro atoms. The van der Waals surface area contributed by atoms with Crippen LogP contribution in [0.3, 0.4) is 0 Å². The molecule has 0 radical (unpaired) electrons. The Bertz CT molecular complexity index is 507. The first kappa shape index (κ1) is 13.9. The highest BCUT2D eigenvalue weighted by atomic mass is 32.1. The highest BCUT2D eigenvalue weighted by Gasteiger charge is 2.35. The summed E-state index contributed by atoms with van der Waals surface area (Å²) in [5.41, 5.74) is 0.547. The number of H-pyrrole nitrogens is 1. The van der Waals surface area contributed by atoms with E-state index in [1.165, 1.54) is 12.4 Å². The minimum Gasteiger partial charge on any atom is -0.304 e. The summed E-state index contributed by atoms with van der Waals surface area (Å²) in [4.78, 5) is 3.89. The molecule has 2 aromatic heterocycles. The smallest absolute Gasteiger partial charge is 0.304 e. The Morgan fingerprint density at radius 3 is 2.74 bits per heavy atom. The lowest BCUT2D eigenvalue weighted by atomic mass is 10.2. The molecule has 0 saturated heterocycles. The third-order valence-electron chi connectivity index (χ3n) is 2.38. The quantitative estimate of drug-likeness (QED) is 0.887. The fourth-order valence-electron chi connectivity index (χ4n) is 1.54. The van der Waals surface area contributed by atoms with Crippen molar-refractivity contribution in [2.75, 3.05) is 6.54 Å². The molecule has 5 nitrogen and oxygen atoms in total. The normalized spacial score (nSPS) is 13.7. The van der Waals surface area contributed by atoms with Crippen molar-refractivity contribution in [1.29, 1.82) is 0 Å². The van der Waals surface area contributed by atoms with Crippen LogP contribution in [-0.2, 0) is 6.18 Å². The number of alkyl halides is 3. The Hall–Kier alpha value is -1.48. The van der Waals surface area contributed by atoms with Crippen LogP contribution in [0, 0.1) is 0 Å². The SMILES string of the molecule is CCCNC(c1cn[nH]n1)c1cnc(C(F)(F)F)s1. The molecule has 0 fully saturated rings. The molecule has 0 aromatic carbocycles. The molecule has 0 aliphatic carbocycles. The average molecular weight is 291 g/mol. The predicted octanol–water partition coefficient (Wildman–Crippen LogP) is 2.37. The molecule has 0 saturated carbocycles. The number of halogens is 3. The topological polar surface area (TPSA) is 66.5 Å². The fourth-order valence-corrected chi connectivity index (χ4v) is 2.41. The summed E-state index contributed by atoms with van der Waals surface area (Å²) in [6, 6.07) is -0.424. The van der Waals surface area contributed by atoms with Gasteiger partial charge in [0, 0.05) is 11.1 Å². The van der Waals surface area contributed by atoms with E-state index in [4.69, 9.17) is 0 Å². The van der Waals surface area contributed by atoms with Gasteiger partial charge in [0.05, 0.1) is 12.2 Å². The van der Waals surface area contributed by atoms with Crippen molar-refractivity contribution in [1.82, 2.24) is 25.7 Å². The van der Waals surface area contributed by atoms with E-state index in [9.17, 15) is 13.2 Å². The minimum absolute atomic E-state index is 0.424. The minimum atomic E-state index is -4.41. The predicted molar refractivity (Wildman–Crippen MR) is 63.6 cm³/mol. The Morgan fingerprint density at radius 2 is 2.21 bits per heavy atom. The highest BCUT2D eigenvalue weighted by molar-refractivity contribution is 7.11. The molecule has 19 heavy (non-hydrogen) atoms. The number of nitrogens with zero attached hydrogens (tertiary/aromatic N) is 3. The van der Waals surface area contributed by atoms with Crippen LogP contribution in [-0.4, -0.2) is 26.9 Å². The number of nitrogens with one attached hydrogen (secondary N) is 2. The Morgan fingerprint density at radius 1 is 1.42 bits per heavy atom. The molecule has 104 valence electrons. The Balaban J connectivity index is 2.26. The van der Waals surface area contributed by atoms with E-state index in [1.807, 2.05) is 6.92 Å². The van der Waals surface area contributed by atoms with E-state index in [1.54, 1.807) is 0 Å². The summed E-state index contributed by atoms with van der Waals surface area (Å²) < 4.78 is 37.7. The number of rotatable bonds is 5. The molecule has 1 unspecified atom stereocenters. The standard InChI is InChI=1S/C10H12F3N5S/c1-2-3-14-8(6-4-16-18-17-6)7-5-15-9(19-7)10(11,12)13/h4-5,8,14H,2-3H2,1H3,(H,16,17,18). The first-order chi connectivity index (χ1) is 9.02. The van der Waals surface area contributed by atoms with Crippen LogP contribution in [0.1, 0.15) is 35.0 Å². The molecule has 0 amide bonds. The van der Waals surface area contributed by atoms with E-state index < -0.39 is 17.2 Å². The summed E-state index contributed by atoms with van der Waals surface area (Å²) in [6.45, 7) is 2.64. The second-order valence-electron chi connectivity index (χ2n) is 3.85. The van der Waals surface area contributed by atoms with Gasteiger partial charge in [-0.3, -0.25) is 0 Å². The zero-order valence-corrected chi connectivity index (χ0v) is 10.8. The molecule has 0 aliphatic heterocycles. The van der Waals surface area contributed by atoms with Crippen LogP contribution in [0.15, 0.2) is 12.4 Å². The number of hydrogen-bond acceptors (Lipinski definition) is 5. The lowest BCUT2D eigenvalue weighted by Gasteiger charge is -2.13. The fraction of sp³-hybridized carbons (Fsp3) is 0.500. The van der Waals surface area contributed by atoms with Gasteiger partial charge in [0.25, 0.3) is 0 Å². The van der Waals surface area contributed by atoms with Crippen molar-refractivity contribution in [2.45, 2.75) is 25.6 Å².